The van der Waals surface area contributed by atoms with Gasteiger partial charge in [-0.25, -0.2) is 0 Å². The van der Waals surface area contributed by atoms with Crippen molar-refractivity contribution in [2.24, 2.45) is 5.92 Å². The highest BCUT2D eigenvalue weighted by atomic mass is 16.3. The number of hydrogen-bond donors (Lipinski definition) is 2. The Morgan fingerprint density at radius 3 is 2.20 bits per heavy atom. The first-order chi connectivity index (χ1) is 7.34. The quantitative estimate of drug-likeness (QED) is 0.610. The van der Waals surface area contributed by atoms with Crippen LogP contribution in [0.2, 0.25) is 0 Å². The largest absolute Gasteiger partial charge is 0.396 e. The summed E-state index contributed by atoms with van der Waals surface area (Å²) in [5.41, 5.74) is 0. The van der Waals surface area contributed by atoms with E-state index in [4.69, 9.17) is 5.11 Å². The Kier molecular flexibility index (Phi) is 7.03. The molecule has 0 spiro atoms. The highest BCUT2D eigenvalue weighted by molar-refractivity contribution is 4.74. The van der Waals surface area contributed by atoms with Crippen LogP contribution in [0.4, 0.5) is 0 Å². The Bertz CT molecular complexity index is 141. The van der Waals surface area contributed by atoms with Crippen molar-refractivity contribution in [3.8, 4) is 0 Å². The second-order valence-electron chi connectivity index (χ2n) is 4.89. The van der Waals surface area contributed by atoms with Crippen LogP contribution in [0.1, 0.15) is 64.2 Å². The molecule has 1 fully saturated rings. The average Bonchev–Trinajstić information content (AvgIpc) is 2.76. The standard InChI is InChI=1S/C13H26O2/c14-11-7-3-1-2-4-10-13(15)12-8-5-6-9-12/h12-15H,1-11H2. The average molecular weight is 214 g/mol. The molecule has 1 atom stereocenters. The Balaban J connectivity index is 1.90. The second-order valence-corrected chi connectivity index (χ2v) is 4.89. The molecule has 90 valence electrons. The van der Waals surface area contributed by atoms with Gasteiger partial charge in [-0.15, -0.1) is 0 Å². The molecule has 0 radical (unpaired) electrons. The number of unbranched alkanes of at least 4 members (excludes halogenated alkanes) is 4. The fraction of sp³-hybridized carbons (Fsp3) is 1.00. The predicted molar refractivity (Wildman–Crippen MR) is 62.8 cm³/mol. The first-order valence-electron chi connectivity index (χ1n) is 6.63. The van der Waals surface area contributed by atoms with Gasteiger partial charge < -0.3 is 10.2 Å². The van der Waals surface area contributed by atoms with E-state index in [-0.39, 0.29) is 6.10 Å². The normalized spacial score (nSPS) is 19.6. The number of hydrogen-bond acceptors (Lipinski definition) is 2. The molecule has 0 aliphatic heterocycles. The van der Waals surface area contributed by atoms with Crippen molar-refractivity contribution in [3.05, 3.63) is 0 Å². The van der Waals surface area contributed by atoms with Crippen molar-refractivity contribution < 1.29 is 10.2 Å². The summed E-state index contributed by atoms with van der Waals surface area (Å²) in [6.45, 7) is 0.324. The van der Waals surface area contributed by atoms with Crippen molar-refractivity contribution in [2.75, 3.05) is 6.61 Å². The molecule has 1 aliphatic carbocycles. The third-order valence-electron chi connectivity index (χ3n) is 3.60. The van der Waals surface area contributed by atoms with Gasteiger partial charge in [-0.2, -0.15) is 0 Å². The highest BCUT2D eigenvalue weighted by Gasteiger charge is 2.22. The van der Waals surface area contributed by atoms with Crippen molar-refractivity contribution in [2.45, 2.75) is 70.3 Å². The van der Waals surface area contributed by atoms with Gasteiger partial charge in [0.1, 0.15) is 0 Å². The lowest BCUT2D eigenvalue weighted by Crippen LogP contribution is -2.17. The summed E-state index contributed by atoms with van der Waals surface area (Å²) in [7, 11) is 0. The maximum atomic E-state index is 9.91. The van der Waals surface area contributed by atoms with E-state index in [1.807, 2.05) is 0 Å². The maximum Gasteiger partial charge on any atom is 0.0568 e. The zero-order valence-corrected chi connectivity index (χ0v) is 9.83. The minimum absolute atomic E-state index is 0.0367. The molecule has 15 heavy (non-hydrogen) atoms. The van der Waals surface area contributed by atoms with Crippen LogP contribution >= 0.6 is 0 Å². The highest BCUT2D eigenvalue weighted by Crippen LogP contribution is 2.29. The third-order valence-corrected chi connectivity index (χ3v) is 3.60. The van der Waals surface area contributed by atoms with Crippen molar-refractivity contribution in [3.63, 3.8) is 0 Å². The van der Waals surface area contributed by atoms with E-state index in [9.17, 15) is 5.11 Å². The van der Waals surface area contributed by atoms with Crippen LogP contribution in [0.15, 0.2) is 0 Å². The summed E-state index contributed by atoms with van der Waals surface area (Å²) in [5, 5.41) is 18.5. The smallest absolute Gasteiger partial charge is 0.0568 e. The fourth-order valence-corrected chi connectivity index (χ4v) is 2.57. The number of aliphatic hydroxyl groups is 2. The van der Waals surface area contributed by atoms with E-state index in [0.29, 0.717) is 12.5 Å². The van der Waals surface area contributed by atoms with Gasteiger partial charge in [0.05, 0.1) is 6.10 Å². The van der Waals surface area contributed by atoms with Crippen LogP contribution in [-0.2, 0) is 0 Å². The molecule has 0 saturated heterocycles. The summed E-state index contributed by atoms with van der Waals surface area (Å²) in [4.78, 5) is 0. The molecule has 0 aromatic carbocycles. The van der Waals surface area contributed by atoms with Crippen molar-refractivity contribution in [1.82, 2.24) is 0 Å². The van der Waals surface area contributed by atoms with Gasteiger partial charge in [-0.1, -0.05) is 38.5 Å². The number of aliphatic hydroxyl groups excluding tert-OH is 2. The van der Waals surface area contributed by atoms with Crippen LogP contribution < -0.4 is 0 Å². The number of rotatable bonds is 8. The summed E-state index contributed by atoms with van der Waals surface area (Å²) in [6.07, 6.45) is 11.7. The molecule has 1 saturated carbocycles. The maximum absolute atomic E-state index is 9.91. The Morgan fingerprint density at radius 1 is 0.933 bits per heavy atom. The van der Waals surface area contributed by atoms with E-state index in [1.165, 1.54) is 38.5 Å². The SMILES string of the molecule is OCCCCCCCC(O)C1CCCC1. The topological polar surface area (TPSA) is 40.5 Å². The van der Waals surface area contributed by atoms with Gasteiger partial charge in [0.2, 0.25) is 0 Å². The van der Waals surface area contributed by atoms with E-state index in [1.54, 1.807) is 0 Å². The molecule has 0 aromatic rings. The van der Waals surface area contributed by atoms with Crippen LogP contribution in [0.5, 0.6) is 0 Å². The van der Waals surface area contributed by atoms with E-state index in [0.717, 1.165) is 25.7 Å². The molecule has 0 aromatic heterocycles. The van der Waals surface area contributed by atoms with Gasteiger partial charge >= 0.3 is 0 Å². The Morgan fingerprint density at radius 2 is 1.53 bits per heavy atom. The summed E-state index contributed by atoms with van der Waals surface area (Å²) >= 11 is 0. The van der Waals surface area contributed by atoms with Crippen LogP contribution in [0.3, 0.4) is 0 Å². The minimum atomic E-state index is -0.0367. The Labute approximate surface area is 93.7 Å². The van der Waals surface area contributed by atoms with Gasteiger partial charge in [-0.3, -0.25) is 0 Å². The first-order valence-corrected chi connectivity index (χ1v) is 6.63. The van der Waals surface area contributed by atoms with Gasteiger partial charge in [0, 0.05) is 6.61 Å². The summed E-state index contributed by atoms with van der Waals surface area (Å²) < 4.78 is 0. The van der Waals surface area contributed by atoms with Crippen molar-refractivity contribution in [1.29, 1.82) is 0 Å². The third kappa shape index (κ3) is 5.53. The first kappa shape index (κ1) is 13.0. The Hall–Kier alpha value is -0.0800. The molecule has 2 heteroatoms. The molecule has 0 heterocycles. The van der Waals surface area contributed by atoms with Crippen molar-refractivity contribution >= 4 is 0 Å². The van der Waals surface area contributed by atoms with E-state index in [2.05, 4.69) is 0 Å². The second kappa shape index (κ2) is 8.12. The van der Waals surface area contributed by atoms with Crippen LogP contribution in [-0.4, -0.2) is 22.9 Å². The van der Waals surface area contributed by atoms with Gasteiger partial charge in [0.25, 0.3) is 0 Å². The molecule has 1 rings (SSSR count). The summed E-state index contributed by atoms with van der Waals surface area (Å²) in [6, 6.07) is 0. The van der Waals surface area contributed by atoms with Gasteiger partial charge in [-0.05, 0) is 31.6 Å². The molecule has 0 amide bonds. The molecular weight excluding hydrogens is 188 g/mol. The monoisotopic (exact) mass is 214 g/mol. The molecule has 2 N–H and O–H groups in total. The van der Waals surface area contributed by atoms with E-state index >= 15 is 0 Å². The van der Waals surface area contributed by atoms with Crippen LogP contribution in [0, 0.1) is 5.92 Å². The molecule has 1 unspecified atom stereocenters. The zero-order chi connectivity index (χ0) is 10.9. The van der Waals surface area contributed by atoms with E-state index < -0.39 is 0 Å². The predicted octanol–water partition coefficient (Wildman–Crippen LogP) is 2.87. The lowest BCUT2D eigenvalue weighted by atomic mass is 9.96. The molecule has 2 nitrogen and oxygen atoms in total. The lowest BCUT2D eigenvalue weighted by Gasteiger charge is -2.17. The minimum Gasteiger partial charge on any atom is -0.396 e. The lowest BCUT2D eigenvalue weighted by molar-refractivity contribution is 0.0988. The van der Waals surface area contributed by atoms with Gasteiger partial charge in [0.15, 0.2) is 0 Å². The zero-order valence-electron chi connectivity index (χ0n) is 9.83. The molecular formula is C13H26O2. The fourth-order valence-electron chi connectivity index (χ4n) is 2.57. The molecule has 1 aliphatic rings. The van der Waals surface area contributed by atoms with Crippen LogP contribution in [0.25, 0.3) is 0 Å². The summed E-state index contributed by atoms with van der Waals surface area (Å²) in [5.74, 6) is 0.599. The molecule has 0 bridgehead atoms.